The van der Waals surface area contributed by atoms with Crippen molar-refractivity contribution in [2.75, 3.05) is 7.11 Å². The molecule has 2 aromatic carbocycles. The third kappa shape index (κ3) is 45.5. The van der Waals surface area contributed by atoms with Gasteiger partial charge in [0.2, 0.25) is 0 Å². The maximum atomic E-state index is 14.0. The van der Waals surface area contributed by atoms with Crippen molar-refractivity contribution in [2.45, 2.75) is 355 Å². The van der Waals surface area contributed by atoms with Gasteiger partial charge in [-0.25, -0.2) is 0 Å². The lowest BCUT2D eigenvalue weighted by molar-refractivity contribution is -0.155. The van der Waals surface area contributed by atoms with E-state index < -0.39 is 18.2 Å². The van der Waals surface area contributed by atoms with Crippen LogP contribution in [0.2, 0.25) is 0 Å². The van der Waals surface area contributed by atoms with Gasteiger partial charge in [0.1, 0.15) is 23.4 Å². The molecule has 1 aliphatic heterocycles. The normalized spacial score (nSPS) is 14.2. The number of hydrogen-bond donors (Lipinski definition) is 0. The Bertz CT molecular complexity index is 2610. The van der Waals surface area contributed by atoms with E-state index in [-0.39, 0.29) is 67.3 Å². The zero-order valence-corrected chi connectivity index (χ0v) is 62.5. The molecule has 10 nitrogen and oxygen atoms in total. The standard InChI is InChI=1S/C88H136O10/c1-6-10-14-18-22-26-30-34-38-42-46-50-54-58-62-66-84(89)94-77-73-80(95-85(90)67-63-59-55-51-47-43-39-35-31-27-23-19-15-11-7-2)78-75-83(97-87(92)69-65-61-57-53-49-45-41-37-33-29-25-21-17-13-9-4)88(98-81(78)74-77)76-70-71-79(93-5)82(72-76)96-86(91)68-64-60-56-52-48-44-40-36-32-28-24-20-16-12-8-3/h11,15,22-24,26-28,34-41,70-74,83,88H,6-10,12-14,16-21,25,29-33,42-69,75H2,1-5H3/b15-11-,26-22-,27-23-,28-24-,38-34-,39-35-,40-36-,41-37-/t83-,88?/m1/s1. The molecule has 0 aliphatic carbocycles. The number of esters is 4. The number of carbonyl (C=O) groups excluding carboxylic acids is 4. The summed E-state index contributed by atoms with van der Waals surface area (Å²) >= 11 is 0. The van der Waals surface area contributed by atoms with E-state index in [9.17, 15) is 19.2 Å². The van der Waals surface area contributed by atoms with Gasteiger partial charge < -0.3 is 28.4 Å². The van der Waals surface area contributed by atoms with Crippen LogP contribution in [0.25, 0.3) is 0 Å². The van der Waals surface area contributed by atoms with E-state index in [1.807, 2.05) is 6.07 Å². The third-order valence-electron chi connectivity index (χ3n) is 18.0. The smallest absolute Gasteiger partial charge is 0.311 e. The number of carbonyl (C=O) groups is 4. The van der Waals surface area contributed by atoms with Crippen LogP contribution in [0.4, 0.5) is 0 Å². The molecule has 0 fully saturated rings. The molecule has 0 spiro atoms. The Kier molecular flexibility index (Phi) is 54.4. The number of unbranched alkanes of at least 4 members (excludes halogenated alkanes) is 32. The average molecular weight is 1350 g/mol. The number of hydrogen-bond acceptors (Lipinski definition) is 10. The van der Waals surface area contributed by atoms with E-state index in [4.69, 9.17) is 28.4 Å². The number of benzene rings is 2. The molecule has 0 N–H and O–H groups in total. The Balaban J connectivity index is 1.77. The van der Waals surface area contributed by atoms with Gasteiger partial charge in [0.15, 0.2) is 17.6 Å². The van der Waals surface area contributed by atoms with Gasteiger partial charge in [0, 0.05) is 55.4 Å². The average Bonchev–Trinajstić information content (AvgIpc) is 0.772. The molecule has 0 saturated heterocycles. The first-order valence-electron chi connectivity index (χ1n) is 39.8. The van der Waals surface area contributed by atoms with Crippen LogP contribution in [-0.2, 0) is 30.3 Å². The molecule has 10 heteroatoms. The minimum Gasteiger partial charge on any atom is -0.493 e. The second-order valence-corrected chi connectivity index (χ2v) is 26.9. The minimum absolute atomic E-state index is 0.149. The summed E-state index contributed by atoms with van der Waals surface area (Å²) < 4.78 is 37.4. The second kappa shape index (κ2) is 61.9. The lowest BCUT2D eigenvalue weighted by Gasteiger charge is -2.34. The first-order chi connectivity index (χ1) is 48.2. The van der Waals surface area contributed by atoms with Crippen LogP contribution in [0.3, 0.4) is 0 Å². The van der Waals surface area contributed by atoms with Crippen molar-refractivity contribution in [1.82, 2.24) is 0 Å². The van der Waals surface area contributed by atoms with E-state index in [1.165, 1.54) is 90.6 Å². The molecule has 1 heterocycles. The highest BCUT2D eigenvalue weighted by Gasteiger charge is 2.38. The number of methoxy groups -OCH3 is 1. The van der Waals surface area contributed by atoms with Gasteiger partial charge in [-0.3, -0.25) is 19.2 Å². The van der Waals surface area contributed by atoms with Crippen LogP contribution in [-0.4, -0.2) is 37.1 Å². The molecule has 98 heavy (non-hydrogen) atoms. The fourth-order valence-electron chi connectivity index (χ4n) is 12.1. The Labute approximate surface area is 597 Å². The number of fused-ring (bicyclic) bond motifs is 1. The number of rotatable bonds is 62. The Hall–Kier alpha value is -6.16. The monoisotopic (exact) mass is 1350 g/mol. The summed E-state index contributed by atoms with van der Waals surface area (Å²) in [4.78, 5) is 55.0. The number of allylic oxidation sites excluding steroid dienone is 16. The highest BCUT2D eigenvalue weighted by Crippen LogP contribution is 2.45. The van der Waals surface area contributed by atoms with Crippen molar-refractivity contribution in [3.05, 3.63) is 139 Å². The van der Waals surface area contributed by atoms with E-state index in [1.54, 1.807) is 24.3 Å². The van der Waals surface area contributed by atoms with Crippen LogP contribution in [0.5, 0.6) is 28.7 Å². The van der Waals surface area contributed by atoms with Crippen molar-refractivity contribution in [2.24, 2.45) is 0 Å². The van der Waals surface area contributed by atoms with Crippen LogP contribution in [0.15, 0.2) is 128 Å². The zero-order valence-electron chi connectivity index (χ0n) is 62.5. The lowest BCUT2D eigenvalue weighted by atomic mass is 9.93. The summed E-state index contributed by atoms with van der Waals surface area (Å²) in [6, 6.07) is 8.57. The van der Waals surface area contributed by atoms with Crippen molar-refractivity contribution in [3.8, 4) is 28.7 Å². The molecule has 0 aromatic heterocycles. The number of ether oxygens (including phenoxy) is 6. The molecular formula is C88H136O10. The van der Waals surface area contributed by atoms with Gasteiger partial charge in [-0.2, -0.15) is 0 Å². The van der Waals surface area contributed by atoms with Gasteiger partial charge >= 0.3 is 23.9 Å². The maximum absolute atomic E-state index is 14.0. The van der Waals surface area contributed by atoms with E-state index in [0.717, 1.165) is 173 Å². The highest BCUT2D eigenvalue weighted by molar-refractivity contribution is 5.76. The Morgan fingerprint density at radius 3 is 1.14 bits per heavy atom. The third-order valence-corrected chi connectivity index (χ3v) is 18.0. The molecule has 1 unspecified atom stereocenters. The molecule has 0 amide bonds. The minimum atomic E-state index is -0.877. The quantitative estimate of drug-likeness (QED) is 0.0274. The van der Waals surface area contributed by atoms with Crippen molar-refractivity contribution >= 4 is 23.9 Å². The molecule has 1 aliphatic rings. The Morgan fingerprint density at radius 1 is 0.367 bits per heavy atom. The predicted molar refractivity (Wildman–Crippen MR) is 411 cm³/mol. The largest absolute Gasteiger partial charge is 0.493 e. The van der Waals surface area contributed by atoms with Gasteiger partial charge in [0.25, 0.3) is 0 Å². The van der Waals surface area contributed by atoms with Gasteiger partial charge in [-0.05, 0) is 160 Å². The summed E-state index contributed by atoms with van der Waals surface area (Å²) in [5.41, 5.74) is 1.13. The molecular weight excluding hydrogens is 1220 g/mol. The molecule has 2 aromatic rings. The second-order valence-electron chi connectivity index (χ2n) is 26.9. The fourth-order valence-corrected chi connectivity index (χ4v) is 12.1. The maximum Gasteiger partial charge on any atom is 0.311 e. The molecule has 0 saturated carbocycles. The van der Waals surface area contributed by atoms with Crippen LogP contribution >= 0.6 is 0 Å². The van der Waals surface area contributed by atoms with Crippen molar-refractivity contribution in [3.63, 3.8) is 0 Å². The summed E-state index contributed by atoms with van der Waals surface area (Å²) in [7, 11) is 1.54. The lowest BCUT2D eigenvalue weighted by Crippen LogP contribution is -2.35. The Morgan fingerprint density at radius 2 is 0.714 bits per heavy atom. The van der Waals surface area contributed by atoms with Gasteiger partial charge in [0.05, 0.1) is 7.11 Å². The molecule has 2 atom stereocenters. The fraction of sp³-hybridized carbons (Fsp3) is 0.636. The summed E-state index contributed by atoms with van der Waals surface area (Å²) in [5, 5.41) is 0. The predicted octanol–water partition coefficient (Wildman–Crippen LogP) is 26.3. The van der Waals surface area contributed by atoms with Crippen molar-refractivity contribution < 1.29 is 47.6 Å². The molecule has 0 bridgehead atoms. The first kappa shape index (κ1) is 86.1. The van der Waals surface area contributed by atoms with Gasteiger partial charge in [-0.15, -0.1) is 0 Å². The van der Waals surface area contributed by atoms with Crippen LogP contribution < -0.4 is 23.7 Å². The molecule has 548 valence electrons. The van der Waals surface area contributed by atoms with Crippen LogP contribution in [0.1, 0.15) is 353 Å². The van der Waals surface area contributed by atoms with Crippen molar-refractivity contribution in [1.29, 1.82) is 0 Å². The summed E-state index contributed by atoms with van der Waals surface area (Å²) in [6.07, 6.45) is 83.1. The first-order valence-corrected chi connectivity index (χ1v) is 39.8. The van der Waals surface area contributed by atoms with E-state index in [0.29, 0.717) is 48.3 Å². The summed E-state index contributed by atoms with van der Waals surface area (Å²) in [6.45, 7) is 8.88. The van der Waals surface area contributed by atoms with E-state index >= 15 is 0 Å². The van der Waals surface area contributed by atoms with Gasteiger partial charge in [-0.1, -0.05) is 266 Å². The molecule has 0 radical (unpaired) electrons. The SMILES string of the molecule is CC/C=C\C/C=C\C/C=C\CCCCCCCC(=O)Oc1cc(OC(=O)CCCCCCC/C=C\C/C=C\CCCCC)cc2c1C[C@@H](OC(=O)CCCCCCC/C=C\CCCCCCCC)C(c1ccc(OC)c(OC(=O)CCCCCCC/C=C\C/C=C\CCCCC)c1)O2. The van der Waals surface area contributed by atoms with E-state index in [2.05, 4.69) is 125 Å². The molecule has 3 rings (SSSR count). The topological polar surface area (TPSA) is 124 Å². The summed E-state index contributed by atoms with van der Waals surface area (Å²) in [5.74, 6) is -0.123. The zero-order chi connectivity index (χ0) is 70.2. The highest BCUT2D eigenvalue weighted by atomic mass is 16.6. The van der Waals surface area contributed by atoms with Crippen LogP contribution in [0, 0.1) is 0 Å².